The topological polar surface area (TPSA) is 62.3 Å². The first-order valence-electron chi connectivity index (χ1n) is 8.69. The molecule has 1 aliphatic heterocycles. The summed E-state index contributed by atoms with van der Waals surface area (Å²) in [5.41, 5.74) is 3.48. The highest BCUT2D eigenvalue weighted by atomic mass is 32.2. The molecule has 2 amide bonds. The van der Waals surface area contributed by atoms with Crippen LogP contribution in [0.4, 0.5) is 5.13 Å². The largest absolute Gasteiger partial charge is 0.301 e. The van der Waals surface area contributed by atoms with Crippen LogP contribution in [0.2, 0.25) is 0 Å². The fraction of sp³-hybridized carbons (Fsp3) is 0.0952. The average Bonchev–Trinajstić information content (AvgIpc) is 3.19. The standard InChI is InChI=1S/C21H17N3O2S2/c25-19(23-21-22-17(12-28-21)15-7-3-1-4-8-15)11-24-18(13-27-14-20(24)26)16-9-5-2-6-10-16/h1-10,12-13H,11,14H2,(H,22,23,25). The lowest BCUT2D eigenvalue weighted by Gasteiger charge is -2.28. The van der Waals surface area contributed by atoms with E-state index in [4.69, 9.17) is 0 Å². The minimum Gasteiger partial charge on any atom is -0.301 e. The van der Waals surface area contributed by atoms with Gasteiger partial charge in [0.2, 0.25) is 11.8 Å². The molecule has 0 spiro atoms. The fourth-order valence-corrected chi connectivity index (χ4v) is 4.39. The van der Waals surface area contributed by atoms with Crippen LogP contribution in [0.1, 0.15) is 5.56 Å². The first-order valence-corrected chi connectivity index (χ1v) is 10.6. The molecule has 4 rings (SSSR count). The molecule has 28 heavy (non-hydrogen) atoms. The summed E-state index contributed by atoms with van der Waals surface area (Å²) in [7, 11) is 0. The molecule has 140 valence electrons. The van der Waals surface area contributed by atoms with Crippen molar-refractivity contribution < 1.29 is 9.59 Å². The monoisotopic (exact) mass is 407 g/mol. The van der Waals surface area contributed by atoms with E-state index in [1.807, 2.05) is 71.5 Å². The van der Waals surface area contributed by atoms with E-state index < -0.39 is 0 Å². The van der Waals surface area contributed by atoms with Crippen LogP contribution in [0.25, 0.3) is 17.0 Å². The molecule has 0 bridgehead atoms. The van der Waals surface area contributed by atoms with Gasteiger partial charge in [-0.3, -0.25) is 9.59 Å². The lowest BCUT2D eigenvalue weighted by atomic mass is 10.1. The van der Waals surface area contributed by atoms with Crippen molar-refractivity contribution >= 4 is 45.7 Å². The van der Waals surface area contributed by atoms with Gasteiger partial charge in [0.25, 0.3) is 0 Å². The molecule has 5 nitrogen and oxygen atoms in total. The molecular formula is C21H17N3O2S2. The Hall–Kier alpha value is -2.90. The van der Waals surface area contributed by atoms with Gasteiger partial charge in [0.05, 0.1) is 17.1 Å². The van der Waals surface area contributed by atoms with Gasteiger partial charge in [-0.1, -0.05) is 60.7 Å². The molecule has 0 saturated carbocycles. The molecule has 0 radical (unpaired) electrons. The zero-order valence-electron chi connectivity index (χ0n) is 14.9. The van der Waals surface area contributed by atoms with Crippen molar-refractivity contribution in [1.82, 2.24) is 9.88 Å². The molecule has 2 heterocycles. The maximum Gasteiger partial charge on any atom is 0.246 e. The van der Waals surface area contributed by atoms with Crippen molar-refractivity contribution in [3.8, 4) is 11.3 Å². The Bertz CT molecular complexity index is 1020. The van der Waals surface area contributed by atoms with Crippen LogP contribution >= 0.6 is 23.1 Å². The molecule has 0 aliphatic carbocycles. The first-order chi connectivity index (χ1) is 13.7. The number of nitrogens with one attached hydrogen (secondary N) is 1. The molecule has 0 unspecified atom stereocenters. The van der Waals surface area contributed by atoms with E-state index in [1.54, 1.807) is 0 Å². The summed E-state index contributed by atoms with van der Waals surface area (Å²) in [6.07, 6.45) is 0. The zero-order chi connectivity index (χ0) is 19.3. The third-order valence-electron chi connectivity index (χ3n) is 4.18. The summed E-state index contributed by atoms with van der Waals surface area (Å²) >= 11 is 2.81. The number of aromatic nitrogens is 1. The van der Waals surface area contributed by atoms with Gasteiger partial charge in [-0.2, -0.15) is 0 Å². The van der Waals surface area contributed by atoms with Crippen molar-refractivity contribution in [2.75, 3.05) is 17.6 Å². The van der Waals surface area contributed by atoms with Crippen LogP contribution < -0.4 is 5.32 Å². The predicted molar refractivity (Wildman–Crippen MR) is 115 cm³/mol. The number of benzene rings is 2. The van der Waals surface area contributed by atoms with E-state index in [-0.39, 0.29) is 18.4 Å². The summed E-state index contributed by atoms with van der Waals surface area (Å²) in [6.45, 7) is -0.0413. The Balaban J connectivity index is 1.47. The van der Waals surface area contributed by atoms with Gasteiger partial charge < -0.3 is 10.2 Å². The molecule has 1 aliphatic rings. The van der Waals surface area contributed by atoms with Gasteiger partial charge in [0.15, 0.2) is 5.13 Å². The molecule has 0 fully saturated rings. The minimum absolute atomic E-state index is 0.0413. The van der Waals surface area contributed by atoms with Crippen LogP contribution in [-0.4, -0.2) is 34.0 Å². The van der Waals surface area contributed by atoms with Crippen LogP contribution in [0, 0.1) is 0 Å². The highest BCUT2D eigenvalue weighted by molar-refractivity contribution is 8.03. The van der Waals surface area contributed by atoms with E-state index in [0.717, 1.165) is 22.5 Å². The van der Waals surface area contributed by atoms with Crippen molar-refractivity contribution in [1.29, 1.82) is 0 Å². The molecule has 3 aromatic rings. The Labute approximate surface area is 171 Å². The Morgan fingerprint density at radius 1 is 1.04 bits per heavy atom. The quantitative estimate of drug-likeness (QED) is 0.684. The van der Waals surface area contributed by atoms with Crippen molar-refractivity contribution in [2.45, 2.75) is 0 Å². The van der Waals surface area contributed by atoms with Gasteiger partial charge in [-0.15, -0.1) is 23.1 Å². The second-order valence-corrected chi connectivity index (χ2v) is 7.83. The highest BCUT2D eigenvalue weighted by Gasteiger charge is 2.25. The fourth-order valence-electron chi connectivity index (χ4n) is 2.85. The summed E-state index contributed by atoms with van der Waals surface area (Å²) in [6, 6.07) is 19.4. The highest BCUT2D eigenvalue weighted by Crippen LogP contribution is 2.28. The molecule has 0 saturated heterocycles. The summed E-state index contributed by atoms with van der Waals surface area (Å²) in [5, 5.41) is 7.17. The number of thiazole rings is 1. The van der Waals surface area contributed by atoms with Gasteiger partial charge >= 0.3 is 0 Å². The van der Waals surface area contributed by atoms with Crippen LogP contribution in [0.3, 0.4) is 0 Å². The minimum atomic E-state index is -0.268. The van der Waals surface area contributed by atoms with Gasteiger partial charge in [-0.05, 0) is 11.0 Å². The molecule has 1 aromatic heterocycles. The number of carbonyl (C=O) groups is 2. The number of amides is 2. The van der Waals surface area contributed by atoms with E-state index >= 15 is 0 Å². The summed E-state index contributed by atoms with van der Waals surface area (Å²) in [5.74, 6) is -0.0133. The second-order valence-electron chi connectivity index (χ2n) is 6.11. The number of thioether (sulfide) groups is 1. The van der Waals surface area contributed by atoms with E-state index in [1.165, 1.54) is 28.0 Å². The molecule has 0 atom stereocenters. The molecule has 7 heteroatoms. The van der Waals surface area contributed by atoms with Crippen LogP contribution in [0.5, 0.6) is 0 Å². The van der Waals surface area contributed by atoms with Crippen LogP contribution in [0.15, 0.2) is 71.5 Å². The smallest absolute Gasteiger partial charge is 0.246 e. The van der Waals surface area contributed by atoms with E-state index in [0.29, 0.717) is 10.9 Å². The van der Waals surface area contributed by atoms with Crippen molar-refractivity contribution in [2.24, 2.45) is 0 Å². The number of carbonyl (C=O) groups excluding carboxylic acids is 2. The van der Waals surface area contributed by atoms with Gasteiger partial charge in [0.1, 0.15) is 6.54 Å². The third-order valence-corrected chi connectivity index (χ3v) is 5.75. The van der Waals surface area contributed by atoms with Crippen LogP contribution in [-0.2, 0) is 9.59 Å². The van der Waals surface area contributed by atoms with E-state index in [9.17, 15) is 9.59 Å². The van der Waals surface area contributed by atoms with Gasteiger partial charge in [0, 0.05) is 10.9 Å². The molecule has 2 aromatic carbocycles. The molecular weight excluding hydrogens is 390 g/mol. The zero-order valence-corrected chi connectivity index (χ0v) is 16.5. The summed E-state index contributed by atoms with van der Waals surface area (Å²) in [4.78, 5) is 31.0. The average molecular weight is 408 g/mol. The van der Waals surface area contributed by atoms with Crippen molar-refractivity contribution in [3.05, 3.63) is 77.0 Å². The number of nitrogens with zero attached hydrogens (tertiary/aromatic N) is 2. The number of rotatable bonds is 5. The maximum absolute atomic E-state index is 12.6. The van der Waals surface area contributed by atoms with Gasteiger partial charge in [-0.25, -0.2) is 4.98 Å². The Kier molecular flexibility index (Phi) is 5.55. The number of hydrogen-bond donors (Lipinski definition) is 1. The summed E-state index contributed by atoms with van der Waals surface area (Å²) < 4.78 is 0. The Morgan fingerprint density at radius 2 is 1.71 bits per heavy atom. The number of anilines is 1. The third kappa shape index (κ3) is 4.16. The second kappa shape index (κ2) is 8.41. The normalized spacial score (nSPS) is 13.9. The maximum atomic E-state index is 12.6. The first kappa shape index (κ1) is 18.5. The SMILES string of the molecule is O=C(CN1C(=O)CSC=C1c1ccccc1)Nc1nc(-c2ccccc2)cs1. The lowest BCUT2D eigenvalue weighted by Crippen LogP contribution is -2.39. The number of hydrogen-bond acceptors (Lipinski definition) is 5. The lowest BCUT2D eigenvalue weighted by molar-refractivity contribution is -0.129. The molecule has 1 N–H and O–H groups in total. The van der Waals surface area contributed by atoms with Crippen molar-refractivity contribution in [3.63, 3.8) is 0 Å². The van der Waals surface area contributed by atoms with E-state index in [2.05, 4.69) is 10.3 Å². The predicted octanol–water partition coefficient (Wildman–Crippen LogP) is 4.32. The Morgan fingerprint density at radius 3 is 2.43 bits per heavy atom.